The van der Waals surface area contributed by atoms with Crippen molar-refractivity contribution in [1.29, 1.82) is 0 Å². The van der Waals surface area contributed by atoms with Crippen molar-refractivity contribution in [3.63, 3.8) is 0 Å². The van der Waals surface area contributed by atoms with Gasteiger partial charge >= 0.3 is 0 Å². The Balaban J connectivity index is 1.35. The predicted octanol–water partition coefficient (Wildman–Crippen LogP) is 1.69. The van der Waals surface area contributed by atoms with Crippen LogP contribution in [0.3, 0.4) is 0 Å². The molecule has 3 fully saturated rings. The van der Waals surface area contributed by atoms with Crippen LogP contribution in [0.25, 0.3) is 0 Å². The Morgan fingerprint density at radius 3 is 2.96 bits per heavy atom. The van der Waals surface area contributed by atoms with E-state index >= 15 is 0 Å². The van der Waals surface area contributed by atoms with Crippen molar-refractivity contribution >= 4 is 11.7 Å². The topological polar surface area (TPSA) is 67.3 Å². The van der Waals surface area contributed by atoms with Gasteiger partial charge in [-0.1, -0.05) is 6.42 Å². The molecule has 2 aliphatic heterocycles. The summed E-state index contributed by atoms with van der Waals surface area (Å²) in [7, 11) is 0. The first-order valence-electron chi connectivity index (χ1n) is 8.72. The molecule has 2 saturated heterocycles. The Bertz CT molecular complexity index is 549. The number of fused-ring (bicyclic) bond motifs is 1. The second-order valence-electron chi connectivity index (χ2n) is 7.01. The lowest BCUT2D eigenvalue weighted by Crippen LogP contribution is -2.53. The molecule has 1 N–H and O–H groups in total. The standard InChI is InChI=1S/C17H24N4O2/c22-17(20-16-9-18-5-6-19-16)13-8-12-10-21(14-2-1-3-14)7-4-15(12)23-11-13/h5-6,9,12-15H,1-4,7-8,10-11H2,(H,19,20,22)/t12-,13-,15+/m0/s1. The zero-order chi connectivity index (χ0) is 15.6. The van der Waals surface area contributed by atoms with Gasteiger partial charge in [-0.15, -0.1) is 0 Å². The van der Waals surface area contributed by atoms with Gasteiger partial charge in [0.15, 0.2) is 5.82 Å². The van der Waals surface area contributed by atoms with Crippen molar-refractivity contribution in [1.82, 2.24) is 14.9 Å². The highest BCUT2D eigenvalue weighted by Crippen LogP contribution is 2.35. The number of nitrogens with zero attached hydrogens (tertiary/aromatic N) is 3. The van der Waals surface area contributed by atoms with Gasteiger partial charge in [-0.05, 0) is 31.6 Å². The van der Waals surface area contributed by atoms with Gasteiger partial charge in [0.25, 0.3) is 0 Å². The molecule has 124 valence electrons. The summed E-state index contributed by atoms with van der Waals surface area (Å²) in [6, 6.07) is 0.782. The van der Waals surface area contributed by atoms with Crippen molar-refractivity contribution < 1.29 is 9.53 Å². The summed E-state index contributed by atoms with van der Waals surface area (Å²) in [5, 5.41) is 2.86. The molecule has 3 atom stereocenters. The summed E-state index contributed by atoms with van der Waals surface area (Å²) in [6.45, 7) is 2.77. The molecule has 23 heavy (non-hydrogen) atoms. The monoisotopic (exact) mass is 316 g/mol. The third-order valence-corrected chi connectivity index (χ3v) is 5.57. The van der Waals surface area contributed by atoms with E-state index in [0.717, 1.165) is 32.0 Å². The van der Waals surface area contributed by atoms with Crippen LogP contribution in [0, 0.1) is 11.8 Å². The summed E-state index contributed by atoms with van der Waals surface area (Å²) >= 11 is 0. The van der Waals surface area contributed by atoms with Gasteiger partial charge in [-0.2, -0.15) is 0 Å². The van der Waals surface area contributed by atoms with E-state index in [0.29, 0.717) is 24.4 Å². The molecular formula is C17H24N4O2. The Kier molecular flexibility index (Phi) is 4.27. The quantitative estimate of drug-likeness (QED) is 0.919. The Morgan fingerprint density at radius 2 is 2.22 bits per heavy atom. The number of piperidine rings is 1. The van der Waals surface area contributed by atoms with E-state index < -0.39 is 0 Å². The number of hydrogen-bond donors (Lipinski definition) is 1. The summed E-state index contributed by atoms with van der Waals surface area (Å²) in [5.41, 5.74) is 0. The van der Waals surface area contributed by atoms with E-state index in [1.807, 2.05) is 0 Å². The molecule has 6 heteroatoms. The van der Waals surface area contributed by atoms with Crippen LogP contribution in [0.5, 0.6) is 0 Å². The molecule has 6 nitrogen and oxygen atoms in total. The molecule has 0 radical (unpaired) electrons. The largest absolute Gasteiger partial charge is 0.377 e. The van der Waals surface area contributed by atoms with Crippen LogP contribution in [0.4, 0.5) is 5.82 Å². The van der Waals surface area contributed by atoms with Crippen LogP contribution in [0.2, 0.25) is 0 Å². The van der Waals surface area contributed by atoms with Crippen LogP contribution in [0.15, 0.2) is 18.6 Å². The molecule has 3 aliphatic rings. The van der Waals surface area contributed by atoms with Crippen LogP contribution < -0.4 is 5.32 Å². The highest BCUT2D eigenvalue weighted by Gasteiger charge is 2.40. The van der Waals surface area contributed by atoms with E-state index in [9.17, 15) is 4.79 Å². The zero-order valence-corrected chi connectivity index (χ0v) is 13.4. The SMILES string of the molecule is O=C(Nc1cnccn1)[C@@H]1CO[C@@H]2CCN(C3CCC3)C[C@@H]2C1. The third kappa shape index (κ3) is 3.23. The van der Waals surface area contributed by atoms with Crippen molar-refractivity contribution in [2.75, 3.05) is 25.0 Å². The molecule has 0 spiro atoms. The van der Waals surface area contributed by atoms with Crippen molar-refractivity contribution in [2.45, 2.75) is 44.2 Å². The summed E-state index contributed by atoms with van der Waals surface area (Å²) < 4.78 is 6.01. The first kappa shape index (κ1) is 15.0. The zero-order valence-electron chi connectivity index (χ0n) is 13.4. The van der Waals surface area contributed by atoms with Gasteiger partial charge in [0, 0.05) is 31.5 Å². The smallest absolute Gasteiger partial charge is 0.231 e. The fourth-order valence-electron chi connectivity index (χ4n) is 4.02. The lowest BCUT2D eigenvalue weighted by Gasteiger charge is -2.47. The molecular weight excluding hydrogens is 292 g/mol. The van der Waals surface area contributed by atoms with Crippen LogP contribution in [0.1, 0.15) is 32.1 Å². The fraction of sp³-hybridized carbons (Fsp3) is 0.706. The van der Waals surface area contributed by atoms with Crippen molar-refractivity contribution in [2.24, 2.45) is 11.8 Å². The van der Waals surface area contributed by atoms with Crippen LogP contribution in [-0.2, 0) is 9.53 Å². The maximum Gasteiger partial charge on any atom is 0.231 e. The Labute approximate surface area is 136 Å². The van der Waals surface area contributed by atoms with Gasteiger partial charge in [0.05, 0.1) is 24.8 Å². The third-order valence-electron chi connectivity index (χ3n) is 5.57. The molecule has 3 heterocycles. The molecule has 0 aromatic carbocycles. The Morgan fingerprint density at radius 1 is 1.30 bits per heavy atom. The molecule has 1 aromatic heterocycles. The number of nitrogens with one attached hydrogen (secondary N) is 1. The fourth-order valence-corrected chi connectivity index (χ4v) is 4.02. The molecule has 1 saturated carbocycles. The first-order valence-corrected chi connectivity index (χ1v) is 8.72. The average molecular weight is 316 g/mol. The van der Waals surface area contributed by atoms with Gasteiger partial charge in [-0.25, -0.2) is 4.98 Å². The van der Waals surface area contributed by atoms with Gasteiger partial charge < -0.3 is 10.1 Å². The van der Waals surface area contributed by atoms with E-state index in [4.69, 9.17) is 4.74 Å². The van der Waals surface area contributed by atoms with E-state index in [2.05, 4.69) is 20.2 Å². The highest BCUT2D eigenvalue weighted by molar-refractivity contribution is 5.91. The number of rotatable bonds is 3. The van der Waals surface area contributed by atoms with Gasteiger partial charge in [0.1, 0.15) is 0 Å². The molecule has 4 rings (SSSR count). The number of hydrogen-bond acceptors (Lipinski definition) is 5. The normalized spacial score (nSPS) is 31.9. The average Bonchev–Trinajstić information content (AvgIpc) is 2.53. The number of likely N-dealkylation sites (tertiary alicyclic amines) is 1. The molecule has 0 unspecified atom stereocenters. The molecule has 1 amide bonds. The summed E-state index contributed by atoms with van der Waals surface area (Å²) in [5.74, 6) is 0.916. The van der Waals surface area contributed by atoms with Crippen molar-refractivity contribution in [3.8, 4) is 0 Å². The van der Waals surface area contributed by atoms with E-state index in [1.54, 1.807) is 18.6 Å². The second-order valence-corrected chi connectivity index (χ2v) is 7.01. The number of ether oxygens (including phenoxy) is 1. The van der Waals surface area contributed by atoms with Gasteiger partial charge in [0.2, 0.25) is 5.91 Å². The highest BCUT2D eigenvalue weighted by atomic mass is 16.5. The maximum absolute atomic E-state index is 12.5. The number of amides is 1. The predicted molar refractivity (Wildman–Crippen MR) is 85.8 cm³/mol. The number of anilines is 1. The number of carbonyl (C=O) groups is 1. The number of aromatic nitrogens is 2. The second kappa shape index (κ2) is 6.53. The Hall–Kier alpha value is -1.53. The van der Waals surface area contributed by atoms with Crippen LogP contribution >= 0.6 is 0 Å². The maximum atomic E-state index is 12.5. The van der Waals surface area contributed by atoms with Crippen molar-refractivity contribution in [3.05, 3.63) is 18.6 Å². The lowest BCUT2D eigenvalue weighted by molar-refractivity contribution is -0.136. The molecule has 1 aliphatic carbocycles. The summed E-state index contributed by atoms with van der Waals surface area (Å²) in [4.78, 5) is 23.2. The van der Waals surface area contributed by atoms with Crippen LogP contribution in [-0.4, -0.2) is 52.6 Å². The van der Waals surface area contributed by atoms with Gasteiger partial charge in [-0.3, -0.25) is 14.7 Å². The first-order chi connectivity index (χ1) is 11.3. The van der Waals surface area contributed by atoms with E-state index in [1.165, 1.54) is 19.3 Å². The summed E-state index contributed by atoms with van der Waals surface area (Å²) in [6.07, 6.45) is 11.2. The minimum absolute atomic E-state index is 0.00437. The molecule has 0 bridgehead atoms. The molecule has 1 aromatic rings. The minimum atomic E-state index is -0.0837. The lowest BCUT2D eigenvalue weighted by atomic mass is 9.81. The van der Waals surface area contributed by atoms with E-state index in [-0.39, 0.29) is 11.8 Å². The minimum Gasteiger partial charge on any atom is -0.377 e. The number of carbonyl (C=O) groups excluding carboxylic acids is 1.